The smallest absolute Gasteiger partial charge is 0.319 e. The van der Waals surface area contributed by atoms with Gasteiger partial charge in [0, 0.05) is 64.8 Å². The van der Waals surface area contributed by atoms with Gasteiger partial charge in [-0.05, 0) is 62.6 Å². The van der Waals surface area contributed by atoms with E-state index in [0.29, 0.717) is 36.1 Å². The molecule has 0 radical (unpaired) electrons. The highest BCUT2D eigenvalue weighted by molar-refractivity contribution is 5.99. The second kappa shape index (κ2) is 14.3. The number of methoxy groups -OCH3 is 1. The third kappa shape index (κ3) is 8.32. The van der Waals surface area contributed by atoms with E-state index < -0.39 is 0 Å². The SMILES string of the molecule is CO[C@@H]1CN(C)C(=O)c2cc(NC(=O)NC3CCCCC3)ccc2OC[C@@H](C)N(CC2CCOCC2)C[C@H]1C. The third-order valence-electron chi connectivity index (χ3n) is 8.61. The number of benzene rings is 1. The number of nitrogens with one attached hydrogen (secondary N) is 2. The summed E-state index contributed by atoms with van der Waals surface area (Å²) in [6.07, 6.45) is 7.60. The minimum Gasteiger partial charge on any atom is -0.491 e. The number of fused-ring (bicyclic) bond motifs is 1. The summed E-state index contributed by atoms with van der Waals surface area (Å²) < 4.78 is 17.8. The molecule has 3 atom stereocenters. The number of hydrogen-bond acceptors (Lipinski definition) is 6. The molecule has 0 spiro atoms. The lowest BCUT2D eigenvalue weighted by atomic mass is 9.96. The number of rotatable bonds is 5. The standard InChI is InChI=1S/C30H48N4O5/c1-21-17-34(18-23-12-14-38-15-13-23)22(2)20-39-27-11-10-25(32-30(36)31-24-8-6-5-7-9-24)16-26(27)29(35)33(3)19-28(21)37-4/h10-11,16,21-24,28H,5-9,12-15,17-20H2,1-4H3,(H2,31,32,36)/t21-,22-,28-/m1/s1. The van der Waals surface area contributed by atoms with Crippen molar-refractivity contribution in [3.63, 3.8) is 0 Å². The van der Waals surface area contributed by atoms with E-state index in [1.165, 1.54) is 6.42 Å². The Hall–Kier alpha value is -2.36. The number of nitrogens with zero attached hydrogens (tertiary/aromatic N) is 2. The van der Waals surface area contributed by atoms with Crippen molar-refractivity contribution >= 4 is 17.6 Å². The number of ether oxygens (including phenoxy) is 3. The van der Waals surface area contributed by atoms with E-state index >= 15 is 0 Å². The Balaban J connectivity index is 1.52. The van der Waals surface area contributed by atoms with Gasteiger partial charge in [0.15, 0.2) is 0 Å². The van der Waals surface area contributed by atoms with Crippen LogP contribution in [0.5, 0.6) is 5.75 Å². The quantitative estimate of drug-likeness (QED) is 0.572. The molecule has 0 unspecified atom stereocenters. The van der Waals surface area contributed by atoms with Crippen LogP contribution < -0.4 is 15.4 Å². The molecule has 9 nitrogen and oxygen atoms in total. The molecule has 9 heteroatoms. The molecule has 0 aromatic heterocycles. The first-order valence-electron chi connectivity index (χ1n) is 14.8. The van der Waals surface area contributed by atoms with Gasteiger partial charge in [-0.25, -0.2) is 4.79 Å². The number of anilines is 1. The number of carbonyl (C=O) groups is 2. The highest BCUT2D eigenvalue weighted by Crippen LogP contribution is 2.27. The molecule has 0 bridgehead atoms. The summed E-state index contributed by atoms with van der Waals surface area (Å²) >= 11 is 0. The van der Waals surface area contributed by atoms with Crippen molar-refractivity contribution in [2.24, 2.45) is 11.8 Å². The van der Waals surface area contributed by atoms with Gasteiger partial charge in [-0.15, -0.1) is 0 Å². The van der Waals surface area contributed by atoms with Crippen molar-refractivity contribution in [1.82, 2.24) is 15.1 Å². The van der Waals surface area contributed by atoms with Crippen LogP contribution in [0, 0.1) is 11.8 Å². The van der Waals surface area contributed by atoms with Crippen LogP contribution in [-0.4, -0.2) is 93.5 Å². The highest BCUT2D eigenvalue weighted by atomic mass is 16.5. The van der Waals surface area contributed by atoms with Gasteiger partial charge in [-0.2, -0.15) is 0 Å². The van der Waals surface area contributed by atoms with E-state index in [-0.39, 0.29) is 36.0 Å². The number of likely N-dealkylation sites (N-methyl/N-ethyl adjacent to an activating group) is 1. The van der Waals surface area contributed by atoms with Crippen molar-refractivity contribution < 1.29 is 23.8 Å². The Morgan fingerprint density at radius 2 is 1.82 bits per heavy atom. The number of hydrogen-bond donors (Lipinski definition) is 2. The Kier molecular flexibility index (Phi) is 10.9. The average molecular weight is 545 g/mol. The van der Waals surface area contributed by atoms with Crippen LogP contribution in [0.1, 0.15) is 69.2 Å². The molecule has 1 aromatic rings. The molecule has 2 heterocycles. The van der Waals surface area contributed by atoms with E-state index in [0.717, 1.165) is 64.8 Å². The van der Waals surface area contributed by atoms with Gasteiger partial charge in [0.25, 0.3) is 5.91 Å². The fourth-order valence-electron chi connectivity index (χ4n) is 6.04. The van der Waals surface area contributed by atoms with Gasteiger partial charge < -0.3 is 29.7 Å². The van der Waals surface area contributed by atoms with E-state index in [1.807, 2.05) is 6.07 Å². The topological polar surface area (TPSA) is 92.4 Å². The summed E-state index contributed by atoms with van der Waals surface area (Å²) in [5.41, 5.74) is 1.02. The molecule has 1 aliphatic carbocycles. The van der Waals surface area contributed by atoms with Crippen LogP contribution in [0.25, 0.3) is 0 Å². The first kappa shape index (κ1) is 29.6. The monoisotopic (exact) mass is 544 g/mol. The summed E-state index contributed by atoms with van der Waals surface area (Å²) in [7, 11) is 3.52. The van der Waals surface area contributed by atoms with Crippen LogP contribution >= 0.6 is 0 Å². The Labute approximate surface area is 233 Å². The third-order valence-corrected chi connectivity index (χ3v) is 8.61. The Morgan fingerprint density at radius 1 is 1.08 bits per heavy atom. The van der Waals surface area contributed by atoms with E-state index in [2.05, 4.69) is 29.4 Å². The maximum Gasteiger partial charge on any atom is 0.319 e. The van der Waals surface area contributed by atoms with Crippen molar-refractivity contribution in [2.75, 3.05) is 58.9 Å². The van der Waals surface area contributed by atoms with Crippen molar-refractivity contribution in [2.45, 2.75) is 77.0 Å². The maximum absolute atomic E-state index is 13.6. The molecule has 2 aliphatic heterocycles. The predicted octanol–water partition coefficient (Wildman–Crippen LogP) is 4.37. The molecule has 218 valence electrons. The highest BCUT2D eigenvalue weighted by Gasteiger charge is 2.30. The lowest BCUT2D eigenvalue weighted by Gasteiger charge is -2.38. The normalized spacial score (nSPS) is 26.6. The zero-order valence-corrected chi connectivity index (χ0v) is 24.2. The molecule has 1 saturated heterocycles. The zero-order chi connectivity index (χ0) is 27.8. The van der Waals surface area contributed by atoms with E-state index in [1.54, 1.807) is 31.2 Å². The average Bonchev–Trinajstić information content (AvgIpc) is 2.94. The first-order valence-corrected chi connectivity index (χ1v) is 14.8. The molecule has 2 N–H and O–H groups in total. The van der Waals surface area contributed by atoms with Crippen LogP contribution in [0.4, 0.5) is 10.5 Å². The minimum absolute atomic E-state index is 0.102. The molecular formula is C30H48N4O5. The van der Waals surface area contributed by atoms with Crippen molar-refractivity contribution in [3.8, 4) is 5.75 Å². The molecule has 39 heavy (non-hydrogen) atoms. The molecule has 3 aliphatic rings. The van der Waals surface area contributed by atoms with Crippen molar-refractivity contribution in [3.05, 3.63) is 23.8 Å². The van der Waals surface area contributed by atoms with Gasteiger partial charge in [0.05, 0.1) is 11.7 Å². The van der Waals surface area contributed by atoms with Gasteiger partial charge in [0.1, 0.15) is 12.4 Å². The molecule has 4 rings (SSSR count). The fraction of sp³-hybridized carbons (Fsp3) is 0.733. The molecule has 3 amide bonds. The van der Waals surface area contributed by atoms with Gasteiger partial charge in [-0.1, -0.05) is 26.2 Å². The lowest BCUT2D eigenvalue weighted by molar-refractivity contribution is 0.0000228. The first-order chi connectivity index (χ1) is 18.8. The summed E-state index contributed by atoms with van der Waals surface area (Å²) in [5, 5.41) is 6.01. The fourth-order valence-corrected chi connectivity index (χ4v) is 6.04. The second-order valence-electron chi connectivity index (χ2n) is 11.8. The number of amides is 3. The van der Waals surface area contributed by atoms with Crippen LogP contribution in [0.3, 0.4) is 0 Å². The zero-order valence-electron chi connectivity index (χ0n) is 24.2. The Bertz CT molecular complexity index is 947. The van der Waals surface area contributed by atoms with Gasteiger partial charge in [-0.3, -0.25) is 9.69 Å². The number of carbonyl (C=O) groups excluding carboxylic acids is 2. The van der Waals surface area contributed by atoms with Crippen LogP contribution in [0.15, 0.2) is 18.2 Å². The predicted molar refractivity (Wildman–Crippen MR) is 152 cm³/mol. The summed E-state index contributed by atoms with van der Waals surface area (Å²) in [4.78, 5) is 30.5. The summed E-state index contributed by atoms with van der Waals surface area (Å²) in [5.74, 6) is 1.21. The molecular weight excluding hydrogens is 496 g/mol. The molecule has 1 saturated carbocycles. The van der Waals surface area contributed by atoms with Crippen molar-refractivity contribution in [1.29, 1.82) is 0 Å². The van der Waals surface area contributed by atoms with Crippen LogP contribution in [0.2, 0.25) is 0 Å². The maximum atomic E-state index is 13.6. The summed E-state index contributed by atoms with van der Waals surface area (Å²) in [6, 6.07) is 5.47. The largest absolute Gasteiger partial charge is 0.491 e. The van der Waals surface area contributed by atoms with Crippen LogP contribution in [-0.2, 0) is 9.47 Å². The van der Waals surface area contributed by atoms with Gasteiger partial charge >= 0.3 is 6.03 Å². The van der Waals surface area contributed by atoms with Gasteiger partial charge in [0.2, 0.25) is 0 Å². The summed E-state index contributed by atoms with van der Waals surface area (Å²) in [6.45, 7) is 8.84. The number of urea groups is 1. The van der Waals surface area contributed by atoms with E-state index in [4.69, 9.17) is 14.2 Å². The minimum atomic E-state index is -0.234. The second-order valence-corrected chi connectivity index (χ2v) is 11.8. The lowest BCUT2D eigenvalue weighted by Crippen LogP contribution is -2.48. The Morgan fingerprint density at radius 3 is 2.54 bits per heavy atom. The molecule has 2 fully saturated rings. The van der Waals surface area contributed by atoms with E-state index in [9.17, 15) is 9.59 Å². The molecule has 1 aromatic carbocycles.